The molecule has 0 saturated heterocycles. The third-order valence-electron chi connectivity index (χ3n) is 11.9. The molecule has 0 bridgehead atoms. The maximum atomic E-state index is 2.44. The molecule has 0 amide bonds. The summed E-state index contributed by atoms with van der Waals surface area (Å²) >= 11 is 0. The Morgan fingerprint density at radius 3 is 1.19 bits per heavy atom. The van der Waals surface area contributed by atoms with Gasteiger partial charge in [-0.2, -0.15) is 0 Å². The Hall–Kier alpha value is -6.24. The van der Waals surface area contributed by atoms with E-state index >= 15 is 0 Å². The molecule has 0 N–H and O–H groups in total. The van der Waals surface area contributed by atoms with E-state index < -0.39 is 5.41 Å². The van der Waals surface area contributed by atoms with Crippen molar-refractivity contribution in [1.82, 2.24) is 0 Å². The number of allylic oxidation sites excluding steroid dienone is 2. The second kappa shape index (κ2) is 12.5. The highest BCUT2D eigenvalue weighted by Crippen LogP contribution is 2.55. The standard InChI is InChI=1S/C53H40/c1-35-33-39-21-15-31-47(51(39)49(35)45-29-13-19-37-17-9-11-27-43(37)45)53(41-23-5-3-6-24-41,42-25-7-4-8-26-42)48-32-16-22-40-34-36(2)50(52(40)48)46-30-14-20-38-18-10-12-28-44(38)46/h3-32H,33-34H2,1-2H3. The largest absolute Gasteiger partial charge is 0.0713 e. The van der Waals surface area contributed by atoms with Gasteiger partial charge in [0.1, 0.15) is 0 Å². The van der Waals surface area contributed by atoms with Crippen LogP contribution < -0.4 is 0 Å². The number of fused-ring (bicyclic) bond motifs is 4. The zero-order valence-corrected chi connectivity index (χ0v) is 30.2. The molecule has 0 heterocycles. The molecule has 0 aromatic heterocycles. The predicted molar refractivity (Wildman–Crippen MR) is 223 cm³/mol. The molecule has 252 valence electrons. The number of rotatable bonds is 6. The van der Waals surface area contributed by atoms with Crippen LogP contribution in [0.25, 0.3) is 32.7 Å². The van der Waals surface area contributed by atoms with Crippen molar-refractivity contribution in [3.8, 4) is 0 Å². The van der Waals surface area contributed by atoms with Gasteiger partial charge in [-0.1, -0.05) is 193 Å². The molecule has 10 rings (SSSR count). The van der Waals surface area contributed by atoms with E-state index in [0.717, 1.165) is 12.8 Å². The molecule has 0 radical (unpaired) electrons. The van der Waals surface area contributed by atoms with Crippen LogP contribution in [0.4, 0.5) is 0 Å². The van der Waals surface area contributed by atoms with E-state index in [1.807, 2.05) is 0 Å². The summed E-state index contributed by atoms with van der Waals surface area (Å²) in [6.45, 7) is 4.69. The molecule has 0 nitrogen and oxygen atoms in total. The molecular formula is C53H40. The van der Waals surface area contributed by atoms with Gasteiger partial charge in [-0.15, -0.1) is 0 Å². The van der Waals surface area contributed by atoms with Crippen molar-refractivity contribution in [3.63, 3.8) is 0 Å². The maximum Gasteiger partial charge on any atom is 0.0713 e. The fraction of sp³-hybridized carbons (Fsp3) is 0.0943. The Morgan fingerprint density at radius 1 is 0.358 bits per heavy atom. The normalized spacial score (nSPS) is 13.9. The van der Waals surface area contributed by atoms with E-state index in [2.05, 4.69) is 196 Å². The Morgan fingerprint density at radius 2 is 0.736 bits per heavy atom. The van der Waals surface area contributed by atoms with Gasteiger partial charge in [-0.05, 0) is 115 Å². The highest BCUT2D eigenvalue weighted by atomic mass is 14.5. The van der Waals surface area contributed by atoms with Crippen molar-refractivity contribution >= 4 is 32.7 Å². The molecule has 2 aliphatic carbocycles. The van der Waals surface area contributed by atoms with Crippen molar-refractivity contribution in [1.29, 1.82) is 0 Å². The zero-order chi connectivity index (χ0) is 35.5. The average molecular weight is 677 g/mol. The lowest BCUT2D eigenvalue weighted by atomic mass is 9.61. The van der Waals surface area contributed by atoms with Gasteiger partial charge < -0.3 is 0 Å². The van der Waals surface area contributed by atoms with Crippen LogP contribution in [0, 0.1) is 0 Å². The monoisotopic (exact) mass is 676 g/mol. The summed E-state index contributed by atoms with van der Waals surface area (Å²) in [4.78, 5) is 0. The molecule has 0 fully saturated rings. The van der Waals surface area contributed by atoms with E-state index in [4.69, 9.17) is 0 Å². The van der Waals surface area contributed by atoms with Crippen LogP contribution in [0.15, 0.2) is 193 Å². The Labute approximate surface area is 312 Å². The van der Waals surface area contributed by atoms with Crippen LogP contribution in [0.3, 0.4) is 0 Å². The predicted octanol–water partition coefficient (Wildman–Crippen LogP) is 13.1. The lowest BCUT2D eigenvalue weighted by Gasteiger charge is -2.40. The minimum atomic E-state index is -0.625. The van der Waals surface area contributed by atoms with Gasteiger partial charge in [0.2, 0.25) is 0 Å². The first-order chi connectivity index (χ1) is 26.1. The minimum absolute atomic E-state index is 0.625. The first-order valence-corrected chi connectivity index (χ1v) is 18.9. The number of benzene rings is 8. The first kappa shape index (κ1) is 31.5. The van der Waals surface area contributed by atoms with E-state index in [1.165, 1.54) is 99.5 Å². The fourth-order valence-corrected chi connectivity index (χ4v) is 9.81. The molecule has 0 atom stereocenters. The Bertz CT molecular complexity index is 2570. The number of hydrogen-bond donors (Lipinski definition) is 0. The molecule has 0 saturated carbocycles. The van der Waals surface area contributed by atoms with E-state index in [1.54, 1.807) is 0 Å². The quantitative estimate of drug-likeness (QED) is 0.154. The van der Waals surface area contributed by atoms with Gasteiger partial charge in [0.25, 0.3) is 0 Å². The maximum absolute atomic E-state index is 2.44. The summed E-state index contributed by atoms with van der Waals surface area (Å²) in [7, 11) is 0. The van der Waals surface area contributed by atoms with Crippen molar-refractivity contribution in [2.45, 2.75) is 32.1 Å². The van der Waals surface area contributed by atoms with E-state index in [0.29, 0.717) is 0 Å². The molecule has 53 heavy (non-hydrogen) atoms. The summed E-state index contributed by atoms with van der Waals surface area (Å²) in [6.07, 6.45) is 1.88. The van der Waals surface area contributed by atoms with Crippen molar-refractivity contribution < 1.29 is 0 Å². The van der Waals surface area contributed by atoms with Crippen molar-refractivity contribution in [2.75, 3.05) is 0 Å². The Balaban J connectivity index is 1.35. The van der Waals surface area contributed by atoms with Gasteiger partial charge in [-0.25, -0.2) is 0 Å². The second-order valence-electron chi connectivity index (χ2n) is 14.9. The zero-order valence-electron chi connectivity index (χ0n) is 30.2. The van der Waals surface area contributed by atoms with Crippen molar-refractivity contribution in [3.05, 3.63) is 249 Å². The molecule has 8 aromatic rings. The van der Waals surface area contributed by atoms with E-state index in [9.17, 15) is 0 Å². The topological polar surface area (TPSA) is 0 Å². The van der Waals surface area contributed by atoms with Gasteiger partial charge in [0.15, 0.2) is 0 Å². The summed E-state index contributed by atoms with van der Waals surface area (Å²) in [6, 6.07) is 68.2. The van der Waals surface area contributed by atoms with Crippen LogP contribution in [-0.4, -0.2) is 0 Å². The van der Waals surface area contributed by atoms with Gasteiger partial charge in [-0.3, -0.25) is 0 Å². The molecule has 0 aliphatic heterocycles. The van der Waals surface area contributed by atoms with Gasteiger partial charge in [0, 0.05) is 0 Å². The highest BCUT2D eigenvalue weighted by molar-refractivity contribution is 6.03. The van der Waals surface area contributed by atoms with E-state index in [-0.39, 0.29) is 0 Å². The summed E-state index contributed by atoms with van der Waals surface area (Å²) in [5.74, 6) is 0. The molecular weight excluding hydrogens is 637 g/mol. The molecule has 0 spiro atoms. The fourth-order valence-electron chi connectivity index (χ4n) is 9.81. The third kappa shape index (κ3) is 4.75. The van der Waals surface area contributed by atoms with Crippen LogP contribution in [0.5, 0.6) is 0 Å². The average Bonchev–Trinajstić information content (AvgIpc) is 3.74. The van der Waals surface area contributed by atoms with Gasteiger partial charge >= 0.3 is 0 Å². The lowest BCUT2D eigenvalue weighted by molar-refractivity contribution is 0.738. The van der Waals surface area contributed by atoms with Crippen LogP contribution in [-0.2, 0) is 18.3 Å². The Kier molecular flexibility index (Phi) is 7.41. The second-order valence-corrected chi connectivity index (χ2v) is 14.9. The van der Waals surface area contributed by atoms with Crippen LogP contribution in [0.2, 0.25) is 0 Å². The summed E-state index contributed by atoms with van der Waals surface area (Å²) < 4.78 is 0. The molecule has 0 unspecified atom stereocenters. The molecule has 8 aromatic carbocycles. The van der Waals surface area contributed by atoms with Crippen molar-refractivity contribution in [2.24, 2.45) is 0 Å². The SMILES string of the molecule is CC1=C(c2cccc3ccccc23)c2c(cccc2C(c2ccccc2)(c2ccccc2)c2cccc3c2C(c2cccc4ccccc24)=C(C)C3)C1. The minimum Gasteiger partial charge on any atom is -0.0622 e. The van der Waals surface area contributed by atoms with Crippen LogP contribution >= 0.6 is 0 Å². The molecule has 0 heteroatoms. The third-order valence-corrected chi connectivity index (χ3v) is 11.9. The first-order valence-electron chi connectivity index (χ1n) is 18.9. The van der Waals surface area contributed by atoms with Gasteiger partial charge in [0.05, 0.1) is 5.41 Å². The summed E-state index contributed by atoms with van der Waals surface area (Å²) in [5, 5.41) is 5.15. The molecule has 2 aliphatic rings. The smallest absolute Gasteiger partial charge is 0.0622 e. The highest BCUT2D eigenvalue weighted by Gasteiger charge is 2.45. The number of hydrogen-bond acceptors (Lipinski definition) is 0. The summed E-state index contributed by atoms with van der Waals surface area (Å²) in [5.41, 5.74) is 18.3. The van der Waals surface area contributed by atoms with Crippen LogP contribution in [0.1, 0.15) is 69.5 Å². The lowest BCUT2D eigenvalue weighted by Crippen LogP contribution is -2.33.